The van der Waals surface area contributed by atoms with Crippen molar-refractivity contribution in [1.82, 2.24) is 10.2 Å². The van der Waals surface area contributed by atoms with Gasteiger partial charge in [0, 0.05) is 11.1 Å². The lowest BCUT2D eigenvalue weighted by Crippen LogP contribution is -2.10. The highest BCUT2D eigenvalue weighted by atomic mass is 35.5. The Morgan fingerprint density at radius 3 is 2.38 bits per heavy atom. The Morgan fingerprint density at radius 2 is 1.81 bits per heavy atom. The Kier molecular flexibility index (Phi) is 3.82. The molecule has 5 nitrogen and oxygen atoms in total. The monoisotopic (exact) mass is 323 g/mol. The van der Waals surface area contributed by atoms with Crippen LogP contribution in [-0.4, -0.2) is 24.7 Å². The molecule has 7 heteroatoms. The summed E-state index contributed by atoms with van der Waals surface area (Å²) in [5.41, 5.74) is 0.668. The molecule has 1 saturated carbocycles. The minimum absolute atomic E-state index is 0.0150. The van der Waals surface area contributed by atoms with Crippen molar-refractivity contribution in [2.45, 2.75) is 29.7 Å². The van der Waals surface area contributed by atoms with Gasteiger partial charge < -0.3 is 5.32 Å². The third kappa shape index (κ3) is 3.71. The summed E-state index contributed by atoms with van der Waals surface area (Å²) in [6.07, 6.45) is 2.25. The van der Waals surface area contributed by atoms with Crippen molar-refractivity contribution in [1.29, 1.82) is 0 Å². The van der Waals surface area contributed by atoms with Crippen LogP contribution in [0.1, 0.15) is 18.4 Å². The number of benzene rings is 1. The Morgan fingerprint density at radius 1 is 1.10 bits per heavy atom. The summed E-state index contributed by atoms with van der Waals surface area (Å²) < 4.78 is 24.6. The maximum Gasteiger partial charge on any atom is 0.201 e. The van der Waals surface area contributed by atoms with Crippen molar-refractivity contribution < 1.29 is 8.42 Å². The second-order valence-electron chi connectivity index (χ2n) is 5.06. The normalized spacial score (nSPS) is 14.9. The summed E-state index contributed by atoms with van der Waals surface area (Å²) in [4.78, 5) is 0. The van der Waals surface area contributed by atoms with Gasteiger partial charge in [-0.05, 0) is 42.7 Å². The van der Waals surface area contributed by atoms with E-state index in [0.717, 1.165) is 12.8 Å². The standard InChI is InChI=1S/C14H14ClN3O2S/c15-11-3-1-10(2-4-11)9-21(19,20)14-8-7-13(17-18-14)16-12-5-6-12/h1-4,7-8,12H,5-6,9H2,(H,16,17). The highest BCUT2D eigenvalue weighted by Crippen LogP contribution is 2.24. The summed E-state index contributed by atoms with van der Waals surface area (Å²) >= 11 is 5.79. The predicted octanol–water partition coefficient (Wildman–Crippen LogP) is 2.68. The average Bonchev–Trinajstić information content (AvgIpc) is 3.26. The molecule has 0 radical (unpaired) electrons. The summed E-state index contributed by atoms with van der Waals surface area (Å²) in [6, 6.07) is 10.3. The zero-order chi connectivity index (χ0) is 14.9. The number of aromatic nitrogens is 2. The quantitative estimate of drug-likeness (QED) is 0.916. The molecule has 21 heavy (non-hydrogen) atoms. The molecule has 0 amide bonds. The van der Waals surface area contributed by atoms with E-state index in [1.54, 1.807) is 30.3 Å². The second-order valence-corrected chi connectivity index (χ2v) is 7.43. The number of nitrogens with zero attached hydrogens (tertiary/aromatic N) is 2. The Labute approximate surface area is 128 Å². The largest absolute Gasteiger partial charge is 0.366 e. The number of hydrogen-bond acceptors (Lipinski definition) is 5. The summed E-state index contributed by atoms with van der Waals surface area (Å²) in [5, 5.41) is 11.5. The molecule has 0 unspecified atom stereocenters. The van der Waals surface area contributed by atoms with Crippen LogP contribution >= 0.6 is 11.6 Å². The zero-order valence-corrected chi connectivity index (χ0v) is 12.7. The van der Waals surface area contributed by atoms with Gasteiger partial charge in [-0.25, -0.2) is 8.42 Å². The van der Waals surface area contributed by atoms with E-state index >= 15 is 0 Å². The molecule has 1 fully saturated rings. The molecule has 1 heterocycles. The number of rotatable bonds is 5. The minimum Gasteiger partial charge on any atom is -0.366 e. The Bertz CT molecular complexity index is 726. The van der Waals surface area contributed by atoms with Crippen LogP contribution in [0.5, 0.6) is 0 Å². The maximum absolute atomic E-state index is 12.3. The van der Waals surface area contributed by atoms with Gasteiger partial charge in [-0.3, -0.25) is 0 Å². The topological polar surface area (TPSA) is 72.0 Å². The molecule has 1 aliphatic rings. The third-order valence-corrected chi connectivity index (χ3v) is 4.98. The molecule has 0 aliphatic heterocycles. The van der Waals surface area contributed by atoms with E-state index in [0.29, 0.717) is 22.4 Å². The number of anilines is 1. The van der Waals surface area contributed by atoms with Gasteiger partial charge in [0.2, 0.25) is 9.84 Å². The molecule has 3 rings (SSSR count). The van der Waals surface area contributed by atoms with Crippen LogP contribution in [0.15, 0.2) is 41.4 Å². The molecular formula is C14H14ClN3O2S. The van der Waals surface area contributed by atoms with Crippen LogP contribution in [0.25, 0.3) is 0 Å². The molecule has 0 spiro atoms. The van der Waals surface area contributed by atoms with E-state index in [9.17, 15) is 8.42 Å². The fourth-order valence-electron chi connectivity index (χ4n) is 1.87. The van der Waals surface area contributed by atoms with Gasteiger partial charge in [-0.15, -0.1) is 10.2 Å². The van der Waals surface area contributed by atoms with Crippen molar-refractivity contribution >= 4 is 27.3 Å². The van der Waals surface area contributed by atoms with Gasteiger partial charge in [0.1, 0.15) is 5.82 Å². The van der Waals surface area contributed by atoms with Crippen molar-refractivity contribution in [3.63, 3.8) is 0 Å². The fourth-order valence-corrected chi connectivity index (χ4v) is 3.22. The zero-order valence-electron chi connectivity index (χ0n) is 11.2. The van der Waals surface area contributed by atoms with E-state index < -0.39 is 9.84 Å². The van der Waals surface area contributed by atoms with Gasteiger partial charge in [0.25, 0.3) is 0 Å². The SMILES string of the molecule is O=S(=O)(Cc1ccc(Cl)cc1)c1ccc(NC2CC2)nn1. The highest BCUT2D eigenvalue weighted by molar-refractivity contribution is 7.90. The molecule has 0 bridgehead atoms. The minimum atomic E-state index is -3.50. The predicted molar refractivity (Wildman–Crippen MR) is 81.0 cm³/mol. The Hall–Kier alpha value is -1.66. The fraction of sp³-hybridized carbons (Fsp3) is 0.286. The summed E-state index contributed by atoms with van der Waals surface area (Å²) in [5.74, 6) is 0.497. The van der Waals surface area contributed by atoms with Crippen LogP contribution in [0.2, 0.25) is 5.02 Å². The van der Waals surface area contributed by atoms with E-state index in [4.69, 9.17) is 11.6 Å². The van der Waals surface area contributed by atoms with Crippen LogP contribution < -0.4 is 5.32 Å². The van der Waals surface area contributed by atoms with Gasteiger partial charge >= 0.3 is 0 Å². The third-order valence-electron chi connectivity index (χ3n) is 3.16. The molecule has 0 atom stereocenters. The first-order valence-corrected chi connectivity index (χ1v) is 8.63. The van der Waals surface area contributed by atoms with Crippen LogP contribution in [-0.2, 0) is 15.6 Å². The smallest absolute Gasteiger partial charge is 0.201 e. The molecule has 1 aromatic heterocycles. The number of sulfone groups is 1. The van der Waals surface area contributed by atoms with E-state index in [-0.39, 0.29) is 10.8 Å². The molecule has 1 aromatic carbocycles. The van der Waals surface area contributed by atoms with Crippen molar-refractivity contribution in [2.75, 3.05) is 5.32 Å². The number of halogens is 1. The van der Waals surface area contributed by atoms with Gasteiger partial charge in [-0.2, -0.15) is 0 Å². The van der Waals surface area contributed by atoms with Gasteiger partial charge in [0.05, 0.1) is 5.75 Å². The molecule has 1 N–H and O–H groups in total. The molecule has 2 aromatic rings. The molecular weight excluding hydrogens is 310 g/mol. The lowest BCUT2D eigenvalue weighted by atomic mass is 10.2. The van der Waals surface area contributed by atoms with Crippen molar-refractivity contribution in [3.05, 3.63) is 47.0 Å². The molecule has 0 saturated heterocycles. The van der Waals surface area contributed by atoms with Crippen molar-refractivity contribution in [2.24, 2.45) is 0 Å². The molecule has 1 aliphatic carbocycles. The van der Waals surface area contributed by atoms with Crippen LogP contribution in [0, 0.1) is 0 Å². The van der Waals surface area contributed by atoms with Crippen LogP contribution in [0.3, 0.4) is 0 Å². The number of hydrogen-bond donors (Lipinski definition) is 1. The first-order chi connectivity index (χ1) is 10.0. The summed E-state index contributed by atoms with van der Waals surface area (Å²) in [7, 11) is -3.50. The lowest BCUT2D eigenvalue weighted by molar-refractivity contribution is 0.589. The Balaban J connectivity index is 1.75. The molecule has 110 valence electrons. The van der Waals surface area contributed by atoms with E-state index in [1.165, 1.54) is 6.07 Å². The van der Waals surface area contributed by atoms with Gasteiger partial charge in [0.15, 0.2) is 5.03 Å². The maximum atomic E-state index is 12.3. The second kappa shape index (κ2) is 5.61. The highest BCUT2D eigenvalue weighted by Gasteiger charge is 2.22. The van der Waals surface area contributed by atoms with E-state index in [2.05, 4.69) is 15.5 Å². The lowest BCUT2D eigenvalue weighted by Gasteiger charge is -2.05. The van der Waals surface area contributed by atoms with Crippen molar-refractivity contribution in [3.8, 4) is 0 Å². The first kappa shape index (κ1) is 14.3. The summed E-state index contributed by atoms with van der Waals surface area (Å²) in [6.45, 7) is 0. The van der Waals surface area contributed by atoms with Crippen LogP contribution in [0.4, 0.5) is 5.82 Å². The first-order valence-electron chi connectivity index (χ1n) is 6.60. The van der Waals surface area contributed by atoms with Gasteiger partial charge in [-0.1, -0.05) is 23.7 Å². The van der Waals surface area contributed by atoms with E-state index in [1.807, 2.05) is 0 Å². The average molecular weight is 324 g/mol. The number of nitrogens with one attached hydrogen (secondary N) is 1.